The van der Waals surface area contributed by atoms with Gasteiger partial charge in [-0.2, -0.15) is 0 Å². The first kappa shape index (κ1) is 16.5. The van der Waals surface area contributed by atoms with Gasteiger partial charge in [0.2, 0.25) is 11.8 Å². The summed E-state index contributed by atoms with van der Waals surface area (Å²) in [6.45, 7) is 1.66. The van der Waals surface area contributed by atoms with Crippen LogP contribution in [-0.2, 0) is 16.0 Å². The summed E-state index contributed by atoms with van der Waals surface area (Å²) in [7, 11) is 0. The van der Waals surface area contributed by atoms with Gasteiger partial charge in [0.15, 0.2) is 0 Å². The summed E-state index contributed by atoms with van der Waals surface area (Å²) in [4.78, 5) is 28.4. The maximum atomic E-state index is 14.3. The molecule has 2 aliphatic heterocycles. The second kappa shape index (κ2) is 6.39. The fourth-order valence-electron chi connectivity index (χ4n) is 4.03. The van der Waals surface area contributed by atoms with Gasteiger partial charge in [-0.15, -0.1) is 0 Å². The van der Waals surface area contributed by atoms with Crippen LogP contribution in [0.15, 0.2) is 12.1 Å². The van der Waals surface area contributed by atoms with Crippen molar-refractivity contribution < 1.29 is 18.4 Å². The minimum Gasteiger partial charge on any atom is -0.342 e. The molecule has 3 aliphatic rings. The molecule has 0 spiro atoms. The van der Waals surface area contributed by atoms with Crippen molar-refractivity contribution in [3.05, 3.63) is 29.3 Å². The molecule has 2 fully saturated rings. The number of halogens is 2. The fraction of sp³-hybridized carbons (Fsp3) is 0.579. The number of aryl methyl sites for hydroxylation is 1. The number of carbonyl (C=O) groups excluding carboxylic acids is 2. The van der Waals surface area contributed by atoms with Gasteiger partial charge in [-0.3, -0.25) is 9.59 Å². The molecule has 0 bridgehead atoms. The van der Waals surface area contributed by atoms with Gasteiger partial charge in [0.05, 0.1) is 5.69 Å². The number of rotatable bonds is 2. The summed E-state index contributed by atoms with van der Waals surface area (Å²) in [6.07, 6.45) is 4.50. The van der Waals surface area contributed by atoms with Crippen LogP contribution in [-0.4, -0.2) is 36.3 Å². The molecule has 134 valence electrons. The van der Waals surface area contributed by atoms with Gasteiger partial charge in [-0.1, -0.05) is 0 Å². The first-order valence-electron chi connectivity index (χ1n) is 9.12. The highest BCUT2D eigenvalue weighted by atomic mass is 19.1. The third-order valence-electron chi connectivity index (χ3n) is 5.55. The largest absolute Gasteiger partial charge is 0.342 e. The van der Waals surface area contributed by atoms with Gasteiger partial charge in [-0.25, -0.2) is 8.78 Å². The number of benzene rings is 1. The zero-order valence-electron chi connectivity index (χ0n) is 14.1. The Labute approximate surface area is 145 Å². The standard InChI is InChI=1S/C19H22F2N2O2/c20-15-10-14-2-1-7-23(17(14)16(21)11-15)19(25)13-5-8-22(9-6-13)18(24)12-3-4-12/h10-13H,1-9H2. The second-order valence-electron chi connectivity index (χ2n) is 7.36. The van der Waals surface area contributed by atoms with Crippen LogP contribution < -0.4 is 4.90 Å². The Hall–Kier alpha value is -1.98. The number of hydrogen-bond acceptors (Lipinski definition) is 2. The van der Waals surface area contributed by atoms with Gasteiger partial charge in [0.25, 0.3) is 0 Å². The van der Waals surface area contributed by atoms with E-state index in [0.717, 1.165) is 18.9 Å². The monoisotopic (exact) mass is 348 g/mol. The van der Waals surface area contributed by atoms with Crippen molar-refractivity contribution in [1.82, 2.24) is 4.90 Å². The number of hydrogen-bond donors (Lipinski definition) is 0. The van der Waals surface area contributed by atoms with Crippen LogP contribution >= 0.6 is 0 Å². The van der Waals surface area contributed by atoms with E-state index >= 15 is 0 Å². The number of piperidine rings is 1. The molecule has 1 aromatic carbocycles. The fourth-order valence-corrected chi connectivity index (χ4v) is 4.03. The molecule has 1 aromatic rings. The first-order chi connectivity index (χ1) is 12.0. The van der Waals surface area contributed by atoms with Crippen molar-refractivity contribution in [2.24, 2.45) is 11.8 Å². The maximum Gasteiger partial charge on any atom is 0.230 e. The summed E-state index contributed by atoms with van der Waals surface area (Å²) in [6, 6.07) is 2.18. The van der Waals surface area contributed by atoms with Gasteiger partial charge in [0.1, 0.15) is 11.6 Å². The summed E-state index contributed by atoms with van der Waals surface area (Å²) in [5.41, 5.74) is 0.813. The summed E-state index contributed by atoms with van der Waals surface area (Å²) >= 11 is 0. The normalized spacial score (nSPS) is 21.2. The van der Waals surface area contributed by atoms with Crippen LogP contribution in [0.25, 0.3) is 0 Å². The van der Waals surface area contributed by atoms with Crippen LogP contribution in [0.3, 0.4) is 0 Å². The molecule has 4 rings (SSSR count). The van der Waals surface area contributed by atoms with E-state index in [1.807, 2.05) is 4.90 Å². The Bertz CT molecular complexity index is 710. The second-order valence-corrected chi connectivity index (χ2v) is 7.36. The van der Waals surface area contributed by atoms with Crippen molar-refractivity contribution >= 4 is 17.5 Å². The Morgan fingerprint density at radius 3 is 2.28 bits per heavy atom. The highest BCUT2D eigenvalue weighted by Gasteiger charge is 2.37. The number of anilines is 1. The average molecular weight is 348 g/mol. The zero-order valence-corrected chi connectivity index (χ0v) is 14.1. The van der Waals surface area contributed by atoms with Crippen molar-refractivity contribution in [3.63, 3.8) is 0 Å². The quantitative estimate of drug-likeness (QED) is 0.825. The number of carbonyl (C=O) groups is 2. The Kier molecular flexibility index (Phi) is 4.21. The zero-order chi connectivity index (χ0) is 17.6. The molecule has 0 unspecified atom stereocenters. The highest BCUT2D eigenvalue weighted by Crippen LogP contribution is 2.35. The minimum absolute atomic E-state index is 0.0926. The molecule has 25 heavy (non-hydrogen) atoms. The van der Waals surface area contributed by atoms with Crippen LogP contribution in [0.5, 0.6) is 0 Å². The molecular weight excluding hydrogens is 326 g/mol. The Balaban J connectivity index is 1.47. The van der Waals surface area contributed by atoms with Crippen LogP contribution in [0, 0.1) is 23.5 Å². The molecule has 4 nitrogen and oxygen atoms in total. The lowest BCUT2D eigenvalue weighted by Gasteiger charge is -2.36. The summed E-state index contributed by atoms with van der Waals surface area (Å²) < 4.78 is 27.7. The molecule has 1 saturated carbocycles. The van der Waals surface area contributed by atoms with E-state index in [0.29, 0.717) is 50.9 Å². The van der Waals surface area contributed by atoms with Crippen LogP contribution in [0.1, 0.15) is 37.7 Å². The summed E-state index contributed by atoms with van der Waals surface area (Å²) in [5, 5.41) is 0. The molecule has 0 atom stereocenters. The topological polar surface area (TPSA) is 40.6 Å². The lowest BCUT2D eigenvalue weighted by atomic mass is 9.92. The van der Waals surface area contributed by atoms with Gasteiger partial charge in [-0.05, 0) is 50.2 Å². The predicted octanol–water partition coefficient (Wildman–Crippen LogP) is 2.89. The molecule has 1 aliphatic carbocycles. The van der Waals surface area contributed by atoms with E-state index in [1.165, 1.54) is 11.0 Å². The minimum atomic E-state index is -0.663. The Morgan fingerprint density at radius 1 is 0.920 bits per heavy atom. The molecule has 0 radical (unpaired) electrons. The van der Waals surface area contributed by atoms with Gasteiger partial charge in [0, 0.05) is 37.5 Å². The molecular formula is C19H22F2N2O2. The maximum absolute atomic E-state index is 14.3. The average Bonchev–Trinajstić information content (AvgIpc) is 3.45. The smallest absolute Gasteiger partial charge is 0.230 e. The van der Waals surface area contributed by atoms with E-state index in [1.54, 1.807) is 0 Å². The number of amides is 2. The molecule has 2 amide bonds. The molecule has 6 heteroatoms. The number of nitrogens with zero attached hydrogens (tertiary/aromatic N) is 2. The van der Waals surface area contributed by atoms with Crippen LogP contribution in [0.4, 0.5) is 14.5 Å². The number of likely N-dealkylation sites (tertiary alicyclic amines) is 1. The van der Waals surface area contributed by atoms with Crippen molar-refractivity contribution in [3.8, 4) is 0 Å². The first-order valence-corrected chi connectivity index (χ1v) is 9.12. The van der Waals surface area contributed by atoms with Crippen LogP contribution in [0.2, 0.25) is 0 Å². The van der Waals surface area contributed by atoms with E-state index in [9.17, 15) is 18.4 Å². The van der Waals surface area contributed by atoms with E-state index in [-0.39, 0.29) is 29.3 Å². The van der Waals surface area contributed by atoms with E-state index in [2.05, 4.69) is 0 Å². The summed E-state index contributed by atoms with van der Waals surface area (Å²) in [5.74, 6) is -1.13. The predicted molar refractivity (Wildman–Crippen MR) is 89.1 cm³/mol. The number of fused-ring (bicyclic) bond motifs is 1. The highest BCUT2D eigenvalue weighted by molar-refractivity contribution is 5.96. The van der Waals surface area contributed by atoms with Crippen molar-refractivity contribution in [2.45, 2.75) is 38.5 Å². The lowest BCUT2D eigenvalue weighted by Crippen LogP contribution is -2.46. The van der Waals surface area contributed by atoms with E-state index < -0.39 is 11.6 Å². The molecule has 2 heterocycles. The molecule has 0 N–H and O–H groups in total. The molecule has 0 aromatic heterocycles. The van der Waals surface area contributed by atoms with Gasteiger partial charge >= 0.3 is 0 Å². The van der Waals surface area contributed by atoms with E-state index in [4.69, 9.17) is 0 Å². The third kappa shape index (κ3) is 3.14. The van der Waals surface area contributed by atoms with Crippen molar-refractivity contribution in [2.75, 3.05) is 24.5 Å². The molecule has 1 saturated heterocycles. The van der Waals surface area contributed by atoms with Gasteiger partial charge < -0.3 is 9.80 Å². The SMILES string of the molecule is O=C(C1CC1)N1CCC(C(=O)N2CCCc3cc(F)cc(F)c32)CC1. The lowest BCUT2D eigenvalue weighted by molar-refractivity contribution is -0.136. The van der Waals surface area contributed by atoms with Crippen molar-refractivity contribution in [1.29, 1.82) is 0 Å². The Morgan fingerprint density at radius 2 is 1.60 bits per heavy atom. The third-order valence-corrected chi connectivity index (χ3v) is 5.55.